The van der Waals surface area contributed by atoms with Crippen LogP contribution in [-0.2, 0) is 4.74 Å². The SMILES string of the molecule is [CH]=CCOCCC. The molecule has 41 valence electrons. The van der Waals surface area contributed by atoms with Crippen LogP contribution in [0.5, 0.6) is 0 Å². The van der Waals surface area contributed by atoms with Crippen molar-refractivity contribution in [2.24, 2.45) is 0 Å². The molecule has 1 nitrogen and oxygen atoms in total. The van der Waals surface area contributed by atoms with Crippen molar-refractivity contribution < 1.29 is 4.74 Å². The molecule has 0 heterocycles. The lowest BCUT2D eigenvalue weighted by Crippen LogP contribution is -1.90. The summed E-state index contributed by atoms with van der Waals surface area (Å²) in [5.41, 5.74) is 0. The summed E-state index contributed by atoms with van der Waals surface area (Å²) in [6.07, 6.45) is 2.57. The van der Waals surface area contributed by atoms with Crippen molar-refractivity contribution in [2.45, 2.75) is 13.3 Å². The van der Waals surface area contributed by atoms with Crippen molar-refractivity contribution in [1.82, 2.24) is 0 Å². The molecule has 1 radical (unpaired) electrons. The summed E-state index contributed by atoms with van der Waals surface area (Å²) in [5.74, 6) is 0. The highest BCUT2D eigenvalue weighted by molar-refractivity contribution is 4.58. The van der Waals surface area contributed by atoms with E-state index >= 15 is 0 Å². The molecule has 0 unspecified atom stereocenters. The molecule has 0 saturated heterocycles. The molecule has 0 atom stereocenters. The van der Waals surface area contributed by atoms with Crippen LogP contribution in [0, 0.1) is 6.58 Å². The Hall–Kier alpha value is -0.300. The second-order valence-electron chi connectivity index (χ2n) is 1.31. The van der Waals surface area contributed by atoms with Crippen LogP contribution >= 0.6 is 0 Å². The van der Waals surface area contributed by atoms with E-state index in [-0.39, 0.29) is 0 Å². The first-order chi connectivity index (χ1) is 3.41. The maximum Gasteiger partial charge on any atom is 0.0650 e. The highest BCUT2D eigenvalue weighted by Crippen LogP contribution is 1.77. The summed E-state index contributed by atoms with van der Waals surface area (Å²) in [4.78, 5) is 0. The summed E-state index contributed by atoms with van der Waals surface area (Å²) in [7, 11) is 0. The standard InChI is InChI=1S/C6H11O/c1-3-5-7-6-4-2/h1,3H,4-6H2,2H3. The Balaban J connectivity index is 2.56. The lowest BCUT2D eigenvalue weighted by molar-refractivity contribution is 0.163. The van der Waals surface area contributed by atoms with Crippen LogP contribution in [0.25, 0.3) is 0 Å². The maximum absolute atomic E-state index is 5.02. The third kappa shape index (κ3) is 5.70. The van der Waals surface area contributed by atoms with E-state index in [2.05, 4.69) is 6.92 Å². The summed E-state index contributed by atoms with van der Waals surface area (Å²) in [5, 5.41) is 0. The highest BCUT2D eigenvalue weighted by Gasteiger charge is 1.75. The molecule has 0 amide bonds. The second-order valence-corrected chi connectivity index (χ2v) is 1.31. The summed E-state index contributed by atoms with van der Waals surface area (Å²) >= 11 is 0. The fourth-order valence-electron chi connectivity index (χ4n) is 0.296. The molecular weight excluding hydrogens is 88.1 g/mol. The molecule has 0 N–H and O–H groups in total. The number of rotatable bonds is 4. The van der Waals surface area contributed by atoms with Crippen LogP contribution in [0.1, 0.15) is 13.3 Å². The molecule has 0 aromatic carbocycles. The smallest absolute Gasteiger partial charge is 0.0650 e. The third-order valence-electron chi connectivity index (χ3n) is 0.563. The Kier molecular flexibility index (Phi) is 5.46. The quantitative estimate of drug-likeness (QED) is 0.484. The number of ether oxygens (including phenoxy) is 1. The van der Waals surface area contributed by atoms with Gasteiger partial charge in [0, 0.05) is 6.61 Å². The van der Waals surface area contributed by atoms with Gasteiger partial charge >= 0.3 is 0 Å². The normalized spacial score (nSPS) is 8.71. The number of hydrogen-bond acceptors (Lipinski definition) is 1. The molecule has 1 heteroatoms. The monoisotopic (exact) mass is 99.1 g/mol. The molecule has 0 fully saturated rings. The zero-order chi connectivity index (χ0) is 5.54. The Morgan fingerprint density at radius 1 is 1.71 bits per heavy atom. The maximum atomic E-state index is 5.02. The molecule has 0 saturated carbocycles. The van der Waals surface area contributed by atoms with Gasteiger partial charge in [0.05, 0.1) is 6.61 Å². The molecule has 0 aromatic heterocycles. The van der Waals surface area contributed by atoms with Gasteiger partial charge in [-0.25, -0.2) is 0 Å². The molecule has 0 aliphatic carbocycles. The van der Waals surface area contributed by atoms with Crippen molar-refractivity contribution in [3.63, 3.8) is 0 Å². The molecule has 0 spiro atoms. The Morgan fingerprint density at radius 3 is 2.86 bits per heavy atom. The van der Waals surface area contributed by atoms with Crippen LogP contribution in [-0.4, -0.2) is 13.2 Å². The molecule has 0 aromatic rings. The molecule has 0 aliphatic heterocycles. The molecular formula is C6H11O. The van der Waals surface area contributed by atoms with E-state index in [1.54, 1.807) is 0 Å². The van der Waals surface area contributed by atoms with E-state index in [9.17, 15) is 0 Å². The molecule has 0 rings (SSSR count). The summed E-state index contributed by atoms with van der Waals surface area (Å²) in [6.45, 7) is 8.48. The van der Waals surface area contributed by atoms with Crippen LogP contribution in [0.4, 0.5) is 0 Å². The largest absolute Gasteiger partial charge is 0.377 e. The topological polar surface area (TPSA) is 9.23 Å². The van der Waals surface area contributed by atoms with Gasteiger partial charge in [-0.2, -0.15) is 0 Å². The lowest BCUT2D eigenvalue weighted by Gasteiger charge is -1.92. The van der Waals surface area contributed by atoms with Gasteiger partial charge in [-0.3, -0.25) is 0 Å². The van der Waals surface area contributed by atoms with Crippen LogP contribution in [0.2, 0.25) is 0 Å². The highest BCUT2D eigenvalue weighted by atomic mass is 16.5. The zero-order valence-electron chi connectivity index (χ0n) is 4.68. The Bertz CT molecular complexity index is 41.4. The first-order valence-corrected chi connectivity index (χ1v) is 2.53. The minimum atomic E-state index is 0.577. The average molecular weight is 99.2 g/mol. The van der Waals surface area contributed by atoms with Gasteiger partial charge in [0.15, 0.2) is 0 Å². The average Bonchev–Trinajstić information content (AvgIpc) is 1.69. The summed E-state index contributed by atoms with van der Waals surface area (Å²) in [6, 6.07) is 0. The predicted octanol–water partition coefficient (Wildman–Crippen LogP) is 1.40. The Morgan fingerprint density at radius 2 is 2.43 bits per heavy atom. The molecule has 7 heavy (non-hydrogen) atoms. The van der Waals surface area contributed by atoms with Crippen LogP contribution in [0.15, 0.2) is 6.08 Å². The predicted molar refractivity (Wildman–Crippen MR) is 30.0 cm³/mol. The summed E-state index contributed by atoms with van der Waals surface area (Å²) < 4.78 is 4.95. The van der Waals surface area contributed by atoms with Gasteiger partial charge in [-0.05, 0) is 6.42 Å². The van der Waals surface area contributed by atoms with E-state index in [0.29, 0.717) is 6.61 Å². The van der Waals surface area contributed by atoms with Gasteiger partial charge in [-0.1, -0.05) is 19.6 Å². The van der Waals surface area contributed by atoms with Crippen molar-refractivity contribution in [3.05, 3.63) is 12.7 Å². The van der Waals surface area contributed by atoms with Gasteiger partial charge in [0.25, 0.3) is 0 Å². The van der Waals surface area contributed by atoms with E-state index in [1.807, 2.05) is 0 Å². The lowest BCUT2D eigenvalue weighted by atomic mass is 10.5. The number of hydrogen-bond donors (Lipinski definition) is 0. The minimum Gasteiger partial charge on any atom is -0.377 e. The third-order valence-corrected chi connectivity index (χ3v) is 0.563. The van der Waals surface area contributed by atoms with Crippen molar-refractivity contribution >= 4 is 0 Å². The van der Waals surface area contributed by atoms with Crippen molar-refractivity contribution in [2.75, 3.05) is 13.2 Å². The van der Waals surface area contributed by atoms with E-state index in [1.165, 1.54) is 6.08 Å². The van der Waals surface area contributed by atoms with Crippen molar-refractivity contribution in [1.29, 1.82) is 0 Å². The van der Waals surface area contributed by atoms with Crippen LogP contribution < -0.4 is 0 Å². The fraction of sp³-hybridized carbons (Fsp3) is 0.667. The van der Waals surface area contributed by atoms with Crippen molar-refractivity contribution in [3.8, 4) is 0 Å². The second kappa shape index (κ2) is 5.70. The molecule has 0 bridgehead atoms. The van der Waals surface area contributed by atoms with Gasteiger partial charge in [0.1, 0.15) is 0 Å². The first-order valence-electron chi connectivity index (χ1n) is 2.53. The van der Waals surface area contributed by atoms with Gasteiger partial charge in [0.2, 0.25) is 0 Å². The van der Waals surface area contributed by atoms with Crippen LogP contribution in [0.3, 0.4) is 0 Å². The van der Waals surface area contributed by atoms with Gasteiger partial charge < -0.3 is 4.74 Å². The van der Waals surface area contributed by atoms with Gasteiger partial charge in [-0.15, -0.1) is 0 Å². The zero-order valence-corrected chi connectivity index (χ0v) is 4.68. The van der Waals surface area contributed by atoms with E-state index in [0.717, 1.165) is 13.0 Å². The molecule has 0 aliphatic rings. The first kappa shape index (κ1) is 6.70. The van der Waals surface area contributed by atoms with E-state index < -0.39 is 0 Å². The minimum absolute atomic E-state index is 0.577. The Labute approximate surface area is 45.0 Å². The fourth-order valence-corrected chi connectivity index (χ4v) is 0.296. The van der Waals surface area contributed by atoms with E-state index in [4.69, 9.17) is 11.3 Å².